The van der Waals surface area contributed by atoms with E-state index in [1.54, 1.807) is 24.8 Å². The third kappa shape index (κ3) is 4.58. The molecule has 0 radical (unpaired) electrons. The summed E-state index contributed by atoms with van der Waals surface area (Å²) in [5.74, 6) is -0.185. The van der Waals surface area contributed by atoms with Gasteiger partial charge >= 0.3 is 0 Å². The van der Waals surface area contributed by atoms with E-state index in [9.17, 15) is 14.9 Å². The Balaban J connectivity index is 1.92. The first-order valence-electron chi connectivity index (χ1n) is 11.9. The zero-order valence-electron chi connectivity index (χ0n) is 20.9. The Kier molecular flexibility index (Phi) is 7.16. The molecule has 3 aromatic rings. The summed E-state index contributed by atoms with van der Waals surface area (Å²) in [5.41, 5.74) is 4.81. The molecule has 2 aromatic carbocycles. The molecule has 2 heterocycles. The standard InChI is InChI=1S/C29H28N4O3/c1-5-6-14-32-28(34)25(20(3)26(17-30)29(32)35)16-21-18-33(22-10-8-7-9-11-22)31-27(21)24-13-12-23(36-4)15-19(24)2/h7-13,15-16,18H,5-6,14H2,1-4H3. The molecule has 0 saturated heterocycles. The topological polar surface area (TPSA) is 88.2 Å². The molecule has 7 heteroatoms. The summed E-state index contributed by atoms with van der Waals surface area (Å²) in [6.45, 7) is 5.89. The Morgan fingerprint density at radius 2 is 1.83 bits per heavy atom. The number of imide groups is 1. The van der Waals surface area contributed by atoms with E-state index < -0.39 is 11.8 Å². The van der Waals surface area contributed by atoms with Crippen molar-refractivity contribution in [2.45, 2.75) is 33.6 Å². The highest BCUT2D eigenvalue weighted by Gasteiger charge is 2.35. The Labute approximate surface area is 210 Å². The van der Waals surface area contributed by atoms with Crippen LogP contribution in [-0.2, 0) is 9.59 Å². The van der Waals surface area contributed by atoms with Gasteiger partial charge in [0.1, 0.15) is 23.1 Å². The molecular weight excluding hydrogens is 452 g/mol. The van der Waals surface area contributed by atoms with E-state index in [-0.39, 0.29) is 12.1 Å². The summed E-state index contributed by atoms with van der Waals surface area (Å²) < 4.78 is 7.13. The lowest BCUT2D eigenvalue weighted by atomic mass is 9.92. The van der Waals surface area contributed by atoms with Gasteiger partial charge in [-0.15, -0.1) is 0 Å². The highest BCUT2D eigenvalue weighted by Crippen LogP contribution is 2.33. The van der Waals surface area contributed by atoms with Crippen LogP contribution in [0.2, 0.25) is 0 Å². The Hall–Kier alpha value is -4.44. The summed E-state index contributed by atoms with van der Waals surface area (Å²) >= 11 is 0. The number of carbonyl (C=O) groups is 2. The van der Waals surface area contributed by atoms with E-state index in [1.807, 2.05) is 74.6 Å². The van der Waals surface area contributed by atoms with Crippen LogP contribution in [0.25, 0.3) is 23.0 Å². The summed E-state index contributed by atoms with van der Waals surface area (Å²) in [6.07, 6.45) is 5.10. The monoisotopic (exact) mass is 480 g/mol. The molecule has 0 aliphatic carbocycles. The predicted molar refractivity (Wildman–Crippen MR) is 138 cm³/mol. The zero-order valence-corrected chi connectivity index (χ0v) is 20.9. The first-order valence-corrected chi connectivity index (χ1v) is 11.9. The van der Waals surface area contributed by atoms with Gasteiger partial charge in [0.15, 0.2) is 0 Å². The maximum atomic E-state index is 13.4. The van der Waals surface area contributed by atoms with Gasteiger partial charge in [0.2, 0.25) is 0 Å². The fourth-order valence-corrected chi connectivity index (χ4v) is 4.25. The molecule has 1 aliphatic rings. The van der Waals surface area contributed by atoms with Crippen molar-refractivity contribution in [3.63, 3.8) is 0 Å². The number of unbranched alkanes of at least 4 members (excludes halogenated alkanes) is 1. The number of methoxy groups -OCH3 is 1. The molecule has 182 valence electrons. The lowest BCUT2D eigenvalue weighted by Gasteiger charge is -2.27. The number of aryl methyl sites for hydroxylation is 1. The maximum absolute atomic E-state index is 13.4. The molecular formula is C29H28N4O3. The van der Waals surface area contributed by atoms with Gasteiger partial charge < -0.3 is 4.74 Å². The minimum Gasteiger partial charge on any atom is -0.497 e. The third-order valence-electron chi connectivity index (χ3n) is 6.31. The fourth-order valence-electron chi connectivity index (χ4n) is 4.25. The van der Waals surface area contributed by atoms with Crippen LogP contribution < -0.4 is 4.74 Å². The summed E-state index contributed by atoms with van der Waals surface area (Å²) in [7, 11) is 1.62. The van der Waals surface area contributed by atoms with Gasteiger partial charge in [0.25, 0.3) is 11.8 Å². The van der Waals surface area contributed by atoms with Crippen LogP contribution in [-0.4, -0.2) is 40.1 Å². The first kappa shape index (κ1) is 24.7. The van der Waals surface area contributed by atoms with Crippen molar-refractivity contribution in [1.29, 1.82) is 5.26 Å². The molecule has 0 atom stereocenters. The number of carbonyl (C=O) groups excluding carboxylic acids is 2. The number of aromatic nitrogens is 2. The molecule has 0 N–H and O–H groups in total. The van der Waals surface area contributed by atoms with Gasteiger partial charge in [-0.25, -0.2) is 4.68 Å². The van der Waals surface area contributed by atoms with Crippen LogP contribution in [0.5, 0.6) is 5.75 Å². The van der Waals surface area contributed by atoms with Crippen LogP contribution in [0.4, 0.5) is 0 Å². The van der Waals surface area contributed by atoms with E-state index >= 15 is 0 Å². The van der Waals surface area contributed by atoms with Gasteiger partial charge in [-0.3, -0.25) is 14.5 Å². The zero-order chi connectivity index (χ0) is 25.8. The number of amides is 2. The van der Waals surface area contributed by atoms with E-state index in [4.69, 9.17) is 9.84 Å². The third-order valence-corrected chi connectivity index (χ3v) is 6.31. The van der Waals surface area contributed by atoms with Crippen molar-refractivity contribution >= 4 is 17.9 Å². The summed E-state index contributed by atoms with van der Waals surface area (Å²) in [6, 6.07) is 17.4. The number of hydrogen-bond donors (Lipinski definition) is 0. The molecule has 0 fully saturated rings. The lowest BCUT2D eigenvalue weighted by molar-refractivity contribution is -0.140. The van der Waals surface area contributed by atoms with Crippen molar-refractivity contribution in [1.82, 2.24) is 14.7 Å². The molecule has 0 spiro atoms. The molecule has 2 amide bonds. The lowest BCUT2D eigenvalue weighted by Crippen LogP contribution is -2.43. The van der Waals surface area contributed by atoms with E-state index in [1.165, 1.54) is 4.90 Å². The molecule has 0 saturated carbocycles. The Morgan fingerprint density at radius 1 is 1.08 bits per heavy atom. The van der Waals surface area contributed by atoms with Crippen molar-refractivity contribution in [2.75, 3.05) is 13.7 Å². The molecule has 1 aliphatic heterocycles. The highest BCUT2D eigenvalue weighted by atomic mass is 16.5. The first-order chi connectivity index (χ1) is 17.4. The minimum absolute atomic E-state index is 0.00502. The maximum Gasteiger partial charge on any atom is 0.271 e. The number of nitrogens with zero attached hydrogens (tertiary/aromatic N) is 4. The largest absolute Gasteiger partial charge is 0.497 e. The molecule has 36 heavy (non-hydrogen) atoms. The number of nitriles is 1. The number of benzene rings is 2. The second-order valence-electron chi connectivity index (χ2n) is 8.68. The van der Waals surface area contributed by atoms with Crippen LogP contribution in [0.15, 0.2) is 71.4 Å². The quantitative estimate of drug-likeness (QED) is 0.340. The summed E-state index contributed by atoms with van der Waals surface area (Å²) in [5, 5.41) is 14.6. The van der Waals surface area contributed by atoms with Gasteiger partial charge in [-0.2, -0.15) is 10.4 Å². The smallest absolute Gasteiger partial charge is 0.271 e. The second-order valence-corrected chi connectivity index (χ2v) is 8.68. The number of rotatable bonds is 7. The number of para-hydroxylation sites is 1. The van der Waals surface area contributed by atoms with Crippen molar-refractivity contribution in [3.05, 3.63) is 82.6 Å². The SMILES string of the molecule is CCCCN1C(=O)C(=Cc2cn(-c3ccccc3)nc2-c2ccc(OC)cc2C)C(C)=C(C#N)C1=O. The normalized spacial score (nSPS) is 15.0. The van der Waals surface area contributed by atoms with E-state index in [2.05, 4.69) is 0 Å². The molecule has 0 unspecified atom stereocenters. The van der Waals surface area contributed by atoms with Crippen LogP contribution >= 0.6 is 0 Å². The van der Waals surface area contributed by atoms with Gasteiger partial charge in [0.05, 0.1) is 12.8 Å². The van der Waals surface area contributed by atoms with Crippen LogP contribution in [0.3, 0.4) is 0 Å². The second kappa shape index (κ2) is 10.4. The summed E-state index contributed by atoms with van der Waals surface area (Å²) in [4.78, 5) is 27.5. The predicted octanol–water partition coefficient (Wildman–Crippen LogP) is 5.25. The Morgan fingerprint density at radius 3 is 2.47 bits per heavy atom. The van der Waals surface area contributed by atoms with Gasteiger partial charge in [-0.1, -0.05) is 31.5 Å². The van der Waals surface area contributed by atoms with Crippen LogP contribution in [0.1, 0.15) is 37.8 Å². The minimum atomic E-state index is -0.531. The van der Waals surface area contributed by atoms with Gasteiger partial charge in [-0.05, 0) is 67.8 Å². The average Bonchev–Trinajstić information content (AvgIpc) is 3.31. The molecule has 0 bridgehead atoms. The van der Waals surface area contributed by atoms with E-state index in [0.29, 0.717) is 28.8 Å². The fraction of sp³-hybridized carbons (Fsp3) is 0.241. The number of hydrogen-bond acceptors (Lipinski definition) is 5. The van der Waals surface area contributed by atoms with E-state index in [0.717, 1.165) is 29.0 Å². The highest BCUT2D eigenvalue weighted by molar-refractivity contribution is 6.19. The molecule has 4 rings (SSSR count). The molecule has 1 aromatic heterocycles. The average molecular weight is 481 g/mol. The van der Waals surface area contributed by atoms with Gasteiger partial charge in [0, 0.05) is 29.4 Å². The van der Waals surface area contributed by atoms with Crippen LogP contribution in [0, 0.1) is 18.3 Å². The molecule has 7 nitrogen and oxygen atoms in total. The number of ether oxygens (including phenoxy) is 1. The van der Waals surface area contributed by atoms with Crippen molar-refractivity contribution in [3.8, 4) is 28.8 Å². The van der Waals surface area contributed by atoms with Crippen molar-refractivity contribution in [2.24, 2.45) is 0 Å². The van der Waals surface area contributed by atoms with Crippen molar-refractivity contribution < 1.29 is 14.3 Å². The Bertz CT molecular complexity index is 1420.